The number of aryl methyl sites for hydroxylation is 1. The zero-order valence-corrected chi connectivity index (χ0v) is 10.4. The third-order valence-corrected chi connectivity index (χ3v) is 2.66. The normalized spacial score (nSPS) is 10.6. The molecule has 0 aliphatic carbocycles. The molecule has 19 heavy (non-hydrogen) atoms. The first kappa shape index (κ1) is 12.8. The minimum atomic E-state index is -0.430. The summed E-state index contributed by atoms with van der Waals surface area (Å²) >= 11 is 0. The number of rotatable bonds is 4. The Hall–Kier alpha value is -2.69. The van der Waals surface area contributed by atoms with E-state index in [-0.39, 0.29) is 5.69 Å². The Bertz CT molecular complexity index is 606. The van der Waals surface area contributed by atoms with Crippen LogP contribution in [0.1, 0.15) is 11.1 Å². The first-order valence-corrected chi connectivity index (χ1v) is 5.76. The van der Waals surface area contributed by atoms with E-state index in [4.69, 9.17) is 0 Å². The molecule has 2 aromatic rings. The lowest BCUT2D eigenvalue weighted by molar-refractivity contribution is -0.384. The summed E-state index contributed by atoms with van der Waals surface area (Å²) in [6.45, 7) is 2.01. The van der Waals surface area contributed by atoms with Crippen molar-refractivity contribution in [2.75, 3.05) is 5.43 Å². The van der Waals surface area contributed by atoms with Crippen LogP contribution in [0.15, 0.2) is 53.6 Å². The molecule has 0 amide bonds. The van der Waals surface area contributed by atoms with Crippen molar-refractivity contribution >= 4 is 17.6 Å². The van der Waals surface area contributed by atoms with Gasteiger partial charge >= 0.3 is 0 Å². The third-order valence-electron chi connectivity index (χ3n) is 2.66. The number of non-ortho nitro benzene ring substituents is 1. The van der Waals surface area contributed by atoms with Gasteiger partial charge in [-0.1, -0.05) is 24.3 Å². The van der Waals surface area contributed by atoms with E-state index in [1.54, 1.807) is 18.3 Å². The Morgan fingerprint density at radius 1 is 1.16 bits per heavy atom. The molecular weight excluding hydrogens is 242 g/mol. The van der Waals surface area contributed by atoms with Crippen LogP contribution in [-0.4, -0.2) is 11.1 Å². The van der Waals surface area contributed by atoms with E-state index in [1.165, 1.54) is 12.1 Å². The highest BCUT2D eigenvalue weighted by molar-refractivity contribution is 5.82. The smallest absolute Gasteiger partial charge is 0.269 e. The Morgan fingerprint density at radius 3 is 2.47 bits per heavy atom. The van der Waals surface area contributed by atoms with Crippen LogP contribution in [0.3, 0.4) is 0 Å². The topological polar surface area (TPSA) is 67.5 Å². The van der Waals surface area contributed by atoms with Gasteiger partial charge in [-0.15, -0.1) is 0 Å². The van der Waals surface area contributed by atoms with Gasteiger partial charge in [0.25, 0.3) is 5.69 Å². The number of nitro benzene ring substituents is 1. The molecule has 1 N–H and O–H groups in total. The molecule has 0 saturated heterocycles. The van der Waals surface area contributed by atoms with Gasteiger partial charge in [0.05, 0.1) is 16.8 Å². The predicted octanol–water partition coefficient (Wildman–Crippen LogP) is 3.35. The number of hydrogen-bond donors (Lipinski definition) is 1. The lowest BCUT2D eigenvalue weighted by Crippen LogP contribution is -1.93. The fraction of sp³-hybridized carbons (Fsp3) is 0.0714. The molecule has 96 valence electrons. The summed E-state index contributed by atoms with van der Waals surface area (Å²) in [4.78, 5) is 10.1. The van der Waals surface area contributed by atoms with Crippen LogP contribution in [0.4, 0.5) is 11.4 Å². The highest BCUT2D eigenvalue weighted by Crippen LogP contribution is 2.15. The average molecular weight is 255 g/mol. The van der Waals surface area contributed by atoms with Gasteiger partial charge in [-0.2, -0.15) is 5.10 Å². The van der Waals surface area contributed by atoms with Crippen LogP contribution in [-0.2, 0) is 0 Å². The van der Waals surface area contributed by atoms with Gasteiger partial charge in [-0.05, 0) is 30.2 Å². The van der Waals surface area contributed by atoms with Crippen molar-refractivity contribution in [3.05, 3.63) is 69.8 Å². The quantitative estimate of drug-likeness (QED) is 0.517. The van der Waals surface area contributed by atoms with E-state index in [2.05, 4.69) is 10.5 Å². The Morgan fingerprint density at radius 2 is 1.84 bits per heavy atom. The van der Waals surface area contributed by atoms with Crippen LogP contribution in [0.5, 0.6) is 0 Å². The number of nitrogens with zero attached hydrogens (tertiary/aromatic N) is 2. The number of nitro groups is 1. The Labute approximate surface area is 110 Å². The number of benzene rings is 2. The second kappa shape index (κ2) is 5.77. The number of hydrogen-bond acceptors (Lipinski definition) is 4. The van der Waals surface area contributed by atoms with E-state index >= 15 is 0 Å². The van der Waals surface area contributed by atoms with Crippen LogP contribution >= 0.6 is 0 Å². The number of anilines is 1. The number of nitrogens with one attached hydrogen (secondary N) is 1. The molecule has 2 aromatic carbocycles. The van der Waals surface area contributed by atoms with E-state index in [9.17, 15) is 10.1 Å². The van der Waals surface area contributed by atoms with Crippen LogP contribution < -0.4 is 5.43 Å². The summed E-state index contributed by atoms with van der Waals surface area (Å²) < 4.78 is 0. The van der Waals surface area contributed by atoms with Crippen molar-refractivity contribution in [2.45, 2.75) is 6.92 Å². The fourth-order valence-corrected chi connectivity index (χ4v) is 1.57. The first-order chi connectivity index (χ1) is 9.16. The summed E-state index contributed by atoms with van der Waals surface area (Å²) in [5.41, 5.74) is 5.76. The molecule has 0 atom stereocenters. The van der Waals surface area contributed by atoms with Gasteiger partial charge in [0.1, 0.15) is 0 Å². The Balaban J connectivity index is 2.03. The monoisotopic (exact) mass is 255 g/mol. The van der Waals surface area contributed by atoms with E-state index in [1.807, 2.05) is 31.2 Å². The summed E-state index contributed by atoms with van der Waals surface area (Å²) in [6.07, 6.45) is 1.72. The maximum atomic E-state index is 10.5. The van der Waals surface area contributed by atoms with Crippen molar-refractivity contribution in [3.63, 3.8) is 0 Å². The highest BCUT2D eigenvalue weighted by Gasteiger charge is 2.02. The molecule has 0 saturated carbocycles. The van der Waals surface area contributed by atoms with Crippen LogP contribution in [0, 0.1) is 17.0 Å². The second-order valence-electron chi connectivity index (χ2n) is 4.03. The molecule has 0 aromatic heterocycles. The molecule has 0 fully saturated rings. The van der Waals surface area contributed by atoms with Gasteiger partial charge in [0.2, 0.25) is 0 Å². The molecule has 0 aliphatic heterocycles. The molecule has 5 nitrogen and oxygen atoms in total. The molecule has 0 aliphatic rings. The van der Waals surface area contributed by atoms with Crippen molar-refractivity contribution in [1.29, 1.82) is 0 Å². The molecule has 0 heterocycles. The largest absolute Gasteiger partial charge is 0.278 e. The van der Waals surface area contributed by atoms with Crippen LogP contribution in [0.2, 0.25) is 0 Å². The second-order valence-corrected chi connectivity index (χ2v) is 4.03. The number of hydrazone groups is 1. The van der Waals surface area contributed by atoms with Gasteiger partial charge in [-0.3, -0.25) is 15.5 Å². The molecule has 0 spiro atoms. The fourth-order valence-electron chi connectivity index (χ4n) is 1.57. The van der Waals surface area contributed by atoms with Gasteiger partial charge in [0, 0.05) is 12.1 Å². The van der Waals surface area contributed by atoms with Gasteiger partial charge in [-0.25, -0.2) is 0 Å². The molecule has 0 bridgehead atoms. The maximum Gasteiger partial charge on any atom is 0.269 e. The maximum absolute atomic E-state index is 10.5. The summed E-state index contributed by atoms with van der Waals surface area (Å²) in [7, 11) is 0. The molecular formula is C14H13N3O2. The van der Waals surface area contributed by atoms with Crippen molar-refractivity contribution < 1.29 is 4.92 Å². The van der Waals surface area contributed by atoms with Gasteiger partial charge < -0.3 is 0 Å². The SMILES string of the molecule is Cc1ccccc1/C=N\Nc1ccc([N+](=O)[O-])cc1. The first-order valence-electron chi connectivity index (χ1n) is 5.76. The van der Waals surface area contributed by atoms with Crippen molar-refractivity contribution in [1.82, 2.24) is 0 Å². The minimum absolute atomic E-state index is 0.0634. The van der Waals surface area contributed by atoms with Crippen molar-refractivity contribution in [3.8, 4) is 0 Å². The molecule has 5 heteroatoms. The third kappa shape index (κ3) is 3.38. The summed E-state index contributed by atoms with van der Waals surface area (Å²) in [5, 5.41) is 14.6. The average Bonchev–Trinajstić information content (AvgIpc) is 2.41. The summed E-state index contributed by atoms with van der Waals surface area (Å²) in [6, 6.07) is 14.0. The van der Waals surface area contributed by atoms with E-state index in [0.717, 1.165) is 11.1 Å². The zero-order valence-electron chi connectivity index (χ0n) is 10.4. The minimum Gasteiger partial charge on any atom is -0.278 e. The molecule has 0 unspecified atom stereocenters. The standard InChI is InChI=1S/C14H13N3O2/c1-11-4-2-3-5-12(11)10-15-16-13-6-8-14(9-7-13)17(18)19/h2-10,16H,1H3/b15-10-. The highest BCUT2D eigenvalue weighted by atomic mass is 16.6. The van der Waals surface area contributed by atoms with E-state index < -0.39 is 4.92 Å². The van der Waals surface area contributed by atoms with E-state index in [0.29, 0.717) is 5.69 Å². The lowest BCUT2D eigenvalue weighted by Gasteiger charge is -2.00. The van der Waals surface area contributed by atoms with Gasteiger partial charge in [0.15, 0.2) is 0 Å². The predicted molar refractivity (Wildman–Crippen MR) is 75.5 cm³/mol. The zero-order chi connectivity index (χ0) is 13.7. The molecule has 0 radical (unpaired) electrons. The lowest BCUT2D eigenvalue weighted by atomic mass is 10.1. The summed E-state index contributed by atoms with van der Waals surface area (Å²) in [5.74, 6) is 0. The van der Waals surface area contributed by atoms with Crippen molar-refractivity contribution in [2.24, 2.45) is 5.10 Å². The molecule has 2 rings (SSSR count). The Kier molecular flexibility index (Phi) is 3.87. The van der Waals surface area contributed by atoms with Crippen LogP contribution in [0.25, 0.3) is 0 Å².